The third kappa shape index (κ3) is 4.47. The summed E-state index contributed by atoms with van der Waals surface area (Å²) in [7, 11) is 1.57. The maximum Gasteiger partial charge on any atom is 0.193 e. The molecule has 3 nitrogen and oxygen atoms in total. The van der Waals surface area contributed by atoms with Crippen LogP contribution in [0.5, 0.6) is 5.75 Å². The molecule has 0 radical (unpaired) electrons. The number of carbonyl (C=O) groups excluding carboxylic acids is 2. The summed E-state index contributed by atoms with van der Waals surface area (Å²) in [6.45, 7) is 0. The van der Waals surface area contributed by atoms with E-state index in [-0.39, 0.29) is 22.7 Å². The van der Waals surface area contributed by atoms with Crippen LogP contribution in [0.1, 0.15) is 31.8 Å². The molecule has 0 saturated carbocycles. The van der Waals surface area contributed by atoms with Gasteiger partial charge in [0.15, 0.2) is 11.6 Å². The summed E-state index contributed by atoms with van der Waals surface area (Å²) in [6.07, 6.45) is 0. The number of hydrogen-bond acceptors (Lipinski definition) is 3. The lowest BCUT2D eigenvalue weighted by Gasteiger charge is -2.11. The lowest BCUT2D eigenvalue weighted by molar-refractivity contribution is 0.103. The van der Waals surface area contributed by atoms with Crippen LogP contribution in [0, 0.1) is 11.6 Å². The summed E-state index contributed by atoms with van der Waals surface area (Å²) in [4.78, 5) is 26.2. The molecule has 0 saturated heterocycles. The van der Waals surface area contributed by atoms with Gasteiger partial charge < -0.3 is 4.74 Å². The third-order valence-corrected chi connectivity index (χ3v) is 5.09. The first-order chi connectivity index (χ1) is 15.4. The molecule has 0 unspecified atom stereocenters. The van der Waals surface area contributed by atoms with E-state index >= 15 is 0 Å². The van der Waals surface area contributed by atoms with E-state index in [1.807, 2.05) is 12.1 Å². The Labute approximate surface area is 183 Å². The Morgan fingerprint density at radius 3 is 1.41 bits per heavy atom. The molecule has 0 aliphatic heterocycles. The van der Waals surface area contributed by atoms with Crippen LogP contribution >= 0.6 is 0 Å². The van der Waals surface area contributed by atoms with Crippen LogP contribution in [0.15, 0.2) is 91.0 Å². The number of carbonyl (C=O) groups is 2. The largest absolute Gasteiger partial charge is 0.497 e. The molecule has 5 heteroatoms. The van der Waals surface area contributed by atoms with Crippen molar-refractivity contribution in [3.8, 4) is 16.9 Å². The van der Waals surface area contributed by atoms with Gasteiger partial charge >= 0.3 is 0 Å². The maximum absolute atomic E-state index is 13.3. The van der Waals surface area contributed by atoms with Crippen molar-refractivity contribution >= 4 is 11.6 Å². The number of rotatable bonds is 6. The zero-order valence-electron chi connectivity index (χ0n) is 17.1. The topological polar surface area (TPSA) is 43.4 Å². The van der Waals surface area contributed by atoms with Crippen molar-refractivity contribution in [2.45, 2.75) is 0 Å². The van der Waals surface area contributed by atoms with Crippen LogP contribution in [0.25, 0.3) is 11.1 Å². The molecule has 0 amide bonds. The van der Waals surface area contributed by atoms with E-state index in [1.54, 1.807) is 31.4 Å². The van der Waals surface area contributed by atoms with Gasteiger partial charge in [0.05, 0.1) is 7.11 Å². The Bertz CT molecular complexity index is 1200. The van der Waals surface area contributed by atoms with E-state index in [0.717, 1.165) is 5.56 Å². The Balaban J connectivity index is 1.82. The fraction of sp³-hybridized carbons (Fsp3) is 0.0370. The van der Waals surface area contributed by atoms with Gasteiger partial charge in [0.25, 0.3) is 0 Å². The highest BCUT2D eigenvalue weighted by molar-refractivity contribution is 6.14. The van der Waals surface area contributed by atoms with Crippen LogP contribution in [0.3, 0.4) is 0 Å². The standard InChI is InChI=1S/C27H18F2O3/c1-32-25-12-6-17(7-13-25)20-14-21(26(30)18-2-8-23(28)9-3-18)16-22(15-20)27(31)19-4-10-24(29)11-5-19/h2-16H,1H3. The smallest absolute Gasteiger partial charge is 0.193 e. The molecule has 158 valence electrons. The molecule has 0 aliphatic rings. The van der Waals surface area contributed by atoms with Crippen LogP contribution in [0.4, 0.5) is 8.78 Å². The lowest BCUT2D eigenvalue weighted by Crippen LogP contribution is -2.07. The number of ketones is 2. The quantitative estimate of drug-likeness (QED) is 0.349. The molecule has 0 heterocycles. The first-order valence-corrected chi connectivity index (χ1v) is 9.84. The highest BCUT2D eigenvalue weighted by Crippen LogP contribution is 2.27. The molecule has 0 fully saturated rings. The van der Waals surface area contributed by atoms with Crippen molar-refractivity contribution in [2.75, 3.05) is 7.11 Å². The number of methoxy groups -OCH3 is 1. The van der Waals surface area contributed by atoms with E-state index in [1.165, 1.54) is 54.6 Å². The predicted octanol–water partition coefficient (Wildman–Crippen LogP) is 6.10. The SMILES string of the molecule is COc1ccc(-c2cc(C(=O)c3ccc(F)cc3)cc(C(=O)c3ccc(F)cc3)c2)cc1. The van der Waals surface area contributed by atoms with Crippen LogP contribution in [0.2, 0.25) is 0 Å². The van der Waals surface area contributed by atoms with Gasteiger partial charge in [0.2, 0.25) is 0 Å². The van der Waals surface area contributed by atoms with E-state index in [9.17, 15) is 18.4 Å². The maximum atomic E-state index is 13.3. The van der Waals surface area contributed by atoms with Crippen molar-refractivity contribution in [1.82, 2.24) is 0 Å². The molecule has 0 bridgehead atoms. The molecular formula is C27H18F2O3. The highest BCUT2D eigenvalue weighted by Gasteiger charge is 2.17. The first kappa shape index (κ1) is 21.1. The van der Waals surface area contributed by atoms with Crippen molar-refractivity contribution in [2.24, 2.45) is 0 Å². The normalized spacial score (nSPS) is 10.6. The van der Waals surface area contributed by atoms with Gasteiger partial charge in [-0.25, -0.2) is 8.78 Å². The summed E-state index contributed by atoms with van der Waals surface area (Å²) in [5, 5.41) is 0. The van der Waals surface area contributed by atoms with Crippen molar-refractivity contribution in [3.05, 3.63) is 125 Å². The second-order valence-electron chi connectivity index (χ2n) is 7.20. The zero-order valence-corrected chi connectivity index (χ0v) is 17.1. The number of halogens is 2. The number of hydrogen-bond donors (Lipinski definition) is 0. The Kier molecular flexibility index (Phi) is 5.90. The Morgan fingerprint density at radius 2 is 1.00 bits per heavy atom. The van der Waals surface area contributed by atoms with Gasteiger partial charge in [-0.1, -0.05) is 12.1 Å². The molecule has 0 N–H and O–H groups in total. The average molecular weight is 428 g/mol. The average Bonchev–Trinajstić information content (AvgIpc) is 2.84. The monoisotopic (exact) mass is 428 g/mol. The fourth-order valence-corrected chi connectivity index (χ4v) is 3.38. The van der Waals surface area contributed by atoms with E-state index in [0.29, 0.717) is 22.4 Å². The molecule has 0 aromatic heterocycles. The van der Waals surface area contributed by atoms with Gasteiger partial charge in [-0.15, -0.1) is 0 Å². The van der Waals surface area contributed by atoms with Crippen molar-refractivity contribution in [3.63, 3.8) is 0 Å². The summed E-state index contributed by atoms with van der Waals surface area (Å²) in [5.41, 5.74) is 2.63. The molecule has 0 spiro atoms. The molecule has 4 aromatic carbocycles. The van der Waals surface area contributed by atoms with Gasteiger partial charge in [0.1, 0.15) is 17.4 Å². The van der Waals surface area contributed by atoms with Gasteiger partial charge in [-0.3, -0.25) is 9.59 Å². The van der Waals surface area contributed by atoms with Gasteiger partial charge in [0, 0.05) is 22.3 Å². The first-order valence-electron chi connectivity index (χ1n) is 9.84. The fourth-order valence-electron chi connectivity index (χ4n) is 3.38. The minimum atomic E-state index is -0.444. The van der Waals surface area contributed by atoms with Crippen LogP contribution in [-0.2, 0) is 0 Å². The second kappa shape index (κ2) is 8.94. The number of benzene rings is 4. The zero-order chi connectivity index (χ0) is 22.7. The van der Waals surface area contributed by atoms with E-state index in [2.05, 4.69) is 0 Å². The molecule has 4 rings (SSSR count). The van der Waals surface area contributed by atoms with Crippen molar-refractivity contribution < 1.29 is 23.1 Å². The van der Waals surface area contributed by atoms with E-state index in [4.69, 9.17) is 4.74 Å². The molecule has 4 aromatic rings. The number of ether oxygens (including phenoxy) is 1. The third-order valence-electron chi connectivity index (χ3n) is 5.09. The molecule has 32 heavy (non-hydrogen) atoms. The van der Waals surface area contributed by atoms with Gasteiger partial charge in [-0.2, -0.15) is 0 Å². The predicted molar refractivity (Wildman–Crippen MR) is 118 cm³/mol. The molecular weight excluding hydrogens is 410 g/mol. The van der Waals surface area contributed by atoms with Crippen LogP contribution in [-0.4, -0.2) is 18.7 Å². The van der Waals surface area contributed by atoms with Crippen LogP contribution < -0.4 is 4.74 Å². The Morgan fingerprint density at radius 1 is 0.562 bits per heavy atom. The summed E-state index contributed by atoms with van der Waals surface area (Å²) in [5.74, 6) is -0.890. The Hall–Kier alpha value is -4.12. The minimum Gasteiger partial charge on any atom is -0.497 e. The van der Waals surface area contributed by atoms with E-state index < -0.39 is 11.6 Å². The highest BCUT2D eigenvalue weighted by atomic mass is 19.1. The second-order valence-corrected chi connectivity index (χ2v) is 7.20. The van der Waals surface area contributed by atoms with Gasteiger partial charge in [-0.05, 0) is 90.0 Å². The summed E-state index contributed by atoms with van der Waals surface area (Å²) in [6, 6.07) is 22.6. The molecule has 0 atom stereocenters. The lowest BCUT2D eigenvalue weighted by atomic mass is 9.92. The summed E-state index contributed by atoms with van der Waals surface area (Å²) < 4.78 is 31.8. The summed E-state index contributed by atoms with van der Waals surface area (Å²) >= 11 is 0. The van der Waals surface area contributed by atoms with Crippen molar-refractivity contribution in [1.29, 1.82) is 0 Å². The minimum absolute atomic E-state index is 0.287. The molecule has 0 aliphatic carbocycles.